The van der Waals surface area contributed by atoms with Gasteiger partial charge in [0, 0.05) is 41.6 Å². The average molecular weight is 376 g/mol. The van der Waals surface area contributed by atoms with Gasteiger partial charge < -0.3 is 10.2 Å². The molecule has 0 atom stereocenters. The summed E-state index contributed by atoms with van der Waals surface area (Å²) in [4.78, 5) is 19.7. The molecule has 1 aliphatic rings. The molecule has 0 bridgehead atoms. The fourth-order valence-corrected chi connectivity index (χ4v) is 3.31. The number of aromatic nitrogens is 1. The Hall–Kier alpha value is -1.46. The minimum absolute atomic E-state index is 0.0742. The highest BCUT2D eigenvalue weighted by Gasteiger charge is 2.30. The van der Waals surface area contributed by atoms with E-state index in [1.165, 1.54) is 12.8 Å². The number of likely N-dealkylation sites (N-methyl/N-ethyl adjacent to an activating group) is 2. The SMILES string of the molecule is CNCCN(C)C(=O)c1c(C)c(C2CC2)nc2ccc(Br)cc12. The monoisotopic (exact) mass is 375 g/mol. The van der Waals surface area contributed by atoms with Crippen molar-refractivity contribution in [3.05, 3.63) is 39.5 Å². The molecule has 0 unspecified atom stereocenters. The van der Waals surface area contributed by atoms with Crippen LogP contribution in [0.3, 0.4) is 0 Å². The van der Waals surface area contributed by atoms with Gasteiger partial charge in [0.05, 0.1) is 11.1 Å². The zero-order valence-electron chi connectivity index (χ0n) is 13.8. The van der Waals surface area contributed by atoms with E-state index in [2.05, 4.69) is 21.2 Å². The molecule has 1 heterocycles. The van der Waals surface area contributed by atoms with Crippen molar-refractivity contribution < 1.29 is 4.79 Å². The smallest absolute Gasteiger partial charge is 0.254 e. The number of hydrogen-bond donors (Lipinski definition) is 1. The average Bonchev–Trinajstić information content (AvgIpc) is 3.36. The molecular weight excluding hydrogens is 354 g/mol. The summed E-state index contributed by atoms with van der Waals surface area (Å²) in [5, 5.41) is 4.02. The first-order chi connectivity index (χ1) is 11.0. The molecule has 0 spiro atoms. The summed E-state index contributed by atoms with van der Waals surface area (Å²) >= 11 is 3.52. The van der Waals surface area contributed by atoms with Gasteiger partial charge >= 0.3 is 0 Å². The summed E-state index contributed by atoms with van der Waals surface area (Å²) in [6.45, 7) is 3.51. The van der Waals surface area contributed by atoms with Gasteiger partial charge in [0.2, 0.25) is 0 Å². The van der Waals surface area contributed by atoms with E-state index in [1.807, 2.05) is 39.2 Å². The standard InChI is InChI=1S/C18H22BrN3O/c1-11-16(18(23)22(3)9-8-20-2)14-10-13(19)6-7-15(14)21-17(11)12-4-5-12/h6-7,10,12,20H,4-5,8-9H2,1-3H3. The minimum Gasteiger partial charge on any atom is -0.340 e. The van der Waals surface area contributed by atoms with Crippen LogP contribution in [0.2, 0.25) is 0 Å². The third-order valence-corrected chi connectivity index (χ3v) is 4.94. The lowest BCUT2D eigenvalue weighted by Gasteiger charge is -2.21. The summed E-state index contributed by atoms with van der Waals surface area (Å²) in [7, 11) is 3.76. The van der Waals surface area contributed by atoms with Crippen LogP contribution in [0.25, 0.3) is 10.9 Å². The molecular formula is C18H22BrN3O. The fraction of sp³-hybridized carbons (Fsp3) is 0.444. The first-order valence-electron chi connectivity index (χ1n) is 8.02. The van der Waals surface area contributed by atoms with Crippen LogP contribution in [0.1, 0.15) is 40.4 Å². The van der Waals surface area contributed by atoms with E-state index in [9.17, 15) is 4.79 Å². The number of rotatable bonds is 5. The van der Waals surface area contributed by atoms with Crippen molar-refractivity contribution in [1.29, 1.82) is 0 Å². The van der Waals surface area contributed by atoms with Crippen molar-refractivity contribution >= 4 is 32.7 Å². The summed E-state index contributed by atoms with van der Waals surface area (Å²) in [6, 6.07) is 5.99. The highest BCUT2D eigenvalue weighted by atomic mass is 79.9. The van der Waals surface area contributed by atoms with Crippen LogP contribution < -0.4 is 5.32 Å². The molecule has 4 nitrogen and oxygen atoms in total. The molecule has 1 aromatic heterocycles. The maximum absolute atomic E-state index is 13.0. The van der Waals surface area contributed by atoms with Crippen molar-refractivity contribution in [2.45, 2.75) is 25.7 Å². The largest absolute Gasteiger partial charge is 0.340 e. The first kappa shape index (κ1) is 16.4. The normalized spacial score (nSPS) is 14.3. The Bertz CT molecular complexity index is 756. The molecule has 1 saturated carbocycles. The van der Waals surface area contributed by atoms with Gasteiger partial charge in [0.25, 0.3) is 5.91 Å². The minimum atomic E-state index is 0.0742. The third kappa shape index (κ3) is 3.26. The summed E-state index contributed by atoms with van der Waals surface area (Å²) in [5.41, 5.74) is 3.85. The van der Waals surface area contributed by atoms with E-state index >= 15 is 0 Å². The number of halogens is 1. The van der Waals surface area contributed by atoms with Crippen molar-refractivity contribution in [3.63, 3.8) is 0 Å². The van der Waals surface area contributed by atoms with E-state index in [1.54, 1.807) is 4.90 Å². The summed E-state index contributed by atoms with van der Waals surface area (Å²) in [6.07, 6.45) is 2.36. The van der Waals surface area contributed by atoms with Gasteiger partial charge in [-0.05, 0) is 50.6 Å². The number of nitrogens with zero attached hydrogens (tertiary/aromatic N) is 2. The van der Waals surface area contributed by atoms with Gasteiger partial charge in [-0.2, -0.15) is 0 Å². The lowest BCUT2D eigenvalue weighted by molar-refractivity contribution is 0.0798. The predicted octanol–water partition coefficient (Wildman–Crippen LogP) is 3.47. The molecule has 0 radical (unpaired) electrons. The second kappa shape index (κ2) is 6.57. The molecule has 122 valence electrons. The zero-order valence-corrected chi connectivity index (χ0v) is 15.4. The number of nitrogens with one attached hydrogen (secondary N) is 1. The van der Waals surface area contributed by atoms with Crippen LogP contribution in [0, 0.1) is 6.92 Å². The molecule has 0 aliphatic heterocycles. The van der Waals surface area contributed by atoms with Crippen LogP contribution >= 0.6 is 15.9 Å². The number of hydrogen-bond acceptors (Lipinski definition) is 3. The molecule has 5 heteroatoms. The van der Waals surface area contributed by atoms with Crippen molar-refractivity contribution in [1.82, 2.24) is 15.2 Å². The van der Waals surface area contributed by atoms with E-state index in [0.717, 1.165) is 38.7 Å². The number of benzene rings is 1. The number of amides is 1. The number of carbonyl (C=O) groups excluding carboxylic acids is 1. The van der Waals surface area contributed by atoms with Gasteiger partial charge in [-0.1, -0.05) is 15.9 Å². The van der Waals surface area contributed by atoms with Gasteiger partial charge in [0.1, 0.15) is 0 Å². The summed E-state index contributed by atoms with van der Waals surface area (Å²) < 4.78 is 0.970. The van der Waals surface area contributed by atoms with Crippen LogP contribution in [0.4, 0.5) is 0 Å². The Labute approximate surface area is 145 Å². The Kier molecular flexibility index (Phi) is 4.69. The molecule has 1 N–H and O–H groups in total. The Morgan fingerprint density at radius 1 is 1.43 bits per heavy atom. The number of carbonyl (C=O) groups is 1. The molecule has 1 amide bonds. The fourth-order valence-electron chi connectivity index (χ4n) is 2.95. The predicted molar refractivity (Wildman–Crippen MR) is 97.0 cm³/mol. The quantitative estimate of drug-likeness (QED) is 0.869. The summed E-state index contributed by atoms with van der Waals surface area (Å²) in [5.74, 6) is 0.599. The highest BCUT2D eigenvalue weighted by molar-refractivity contribution is 9.10. The number of pyridine rings is 1. The topological polar surface area (TPSA) is 45.2 Å². The number of fused-ring (bicyclic) bond motifs is 1. The van der Waals surface area contributed by atoms with Gasteiger partial charge in [-0.15, -0.1) is 0 Å². The third-order valence-electron chi connectivity index (χ3n) is 4.45. The van der Waals surface area contributed by atoms with Crippen LogP contribution in [0.5, 0.6) is 0 Å². The van der Waals surface area contributed by atoms with Crippen molar-refractivity contribution in [3.8, 4) is 0 Å². The van der Waals surface area contributed by atoms with Crippen molar-refractivity contribution in [2.24, 2.45) is 0 Å². The van der Waals surface area contributed by atoms with Gasteiger partial charge in [-0.25, -0.2) is 0 Å². The van der Waals surface area contributed by atoms with Crippen LogP contribution in [-0.2, 0) is 0 Å². The van der Waals surface area contributed by atoms with Crippen LogP contribution in [0.15, 0.2) is 22.7 Å². The Balaban J connectivity index is 2.13. The molecule has 1 aromatic carbocycles. The van der Waals surface area contributed by atoms with Crippen LogP contribution in [-0.4, -0.2) is 43.0 Å². The van der Waals surface area contributed by atoms with E-state index in [0.29, 0.717) is 12.5 Å². The van der Waals surface area contributed by atoms with Crippen molar-refractivity contribution in [2.75, 3.05) is 27.2 Å². The molecule has 1 fully saturated rings. The van der Waals surface area contributed by atoms with E-state index < -0.39 is 0 Å². The first-order valence-corrected chi connectivity index (χ1v) is 8.82. The maximum Gasteiger partial charge on any atom is 0.254 e. The molecule has 1 aliphatic carbocycles. The zero-order chi connectivity index (χ0) is 16.6. The lowest BCUT2D eigenvalue weighted by atomic mass is 9.98. The van der Waals surface area contributed by atoms with E-state index in [-0.39, 0.29) is 5.91 Å². The second-order valence-corrected chi connectivity index (χ2v) is 7.18. The molecule has 2 aromatic rings. The highest BCUT2D eigenvalue weighted by Crippen LogP contribution is 2.42. The lowest BCUT2D eigenvalue weighted by Crippen LogP contribution is -2.33. The van der Waals surface area contributed by atoms with Gasteiger partial charge in [0.15, 0.2) is 0 Å². The molecule has 0 saturated heterocycles. The van der Waals surface area contributed by atoms with E-state index in [4.69, 9.17) is 4.98 Å². The molecule has 3 rings (SSSR count). The maximum atomic E-state index is 13.0. The Morgan fingerprint density at radius 3 is 2.83 bits per heavy atom. The second-order valence-electron chi connectivity index (χ2n) is 6.26. The van der Waals surface area contributed by atoms with Gasteiger partial charge in [-0.3, -0.25) is 9.78 Å². The Morgan fingerprint density at radius 2 is 2.17 bits per heavy atom. The molecule has 23 heavy (non-hydrogen) atoms.